The molecule has 0 atom stereocenters. The molecule has 1 aromatic carbocycles. The van der Waals surface area contributed by atoms with Gasteiger partial charge in [-0.25, -0.2) is 0 Å². The average Bonchev–Trinajstić information content (AvgIpc) is 2.28. The van der Waals surface area contributed by atoms with Crippen molar-refractivity contribution in [2.45, 2.75) is 19.4 Å². The molecule has 0 radical (unpaired) electrons. The number of ether oxygens (including phenoxy) is 1. The summed E-state index contributed by atoms with van der Waals surface area (Å²) in [7, 11) is 1.44. The zero-order valence-electron chi connectivity index (χ0n) is 10.1. The minimum absolute atomic E-state index is 0.141. The summed E-state index contributed by atoms with van der Waals surface area (Å²) in [6, 6.07) is 4.81. The van der Waals surface area contributed by atoms with Gasteiger partial charge in [0.15, 0.2) is 11.5 Å². The largest absolute Gasteiger partial charge is 0.504 e. The van der Waals surface area contributed by atoms with Crippen molar-refractivity contribution < 1.29 is 14.6 Å². The Morgan fingerprint density at radius 1 is 1.53 bits per heavy atom. The average molecular weight is 302 g/mol. The Bertz CT molecular complexity index is 418. The highest BCUT2D eigenvalue weighted by atomic mass is 79.9. The number of amides is 1. The van der Waals surface area contributed by atoms with Crippen molar-refractivity contribution in [3.63, 3.8) is 0 Å². The summed E-state index contributed by atoms with van der Waals surface area (Å²) in [5.74, 6) is -0.182. The smallest absolute Gasteiger partial charge is 0.255 e. The quantitative estimate of drug-likeness (QED) is 0.839. The topological polar surface area (TPSA) is 58.6 Å². The van der Waals surface area contributed by atoms with Crippen LogP contribution in [0.3, 0.4) is 0 Å². The fourth-order valence-corrected chi connectivity index (χ4v) is 1.42. The van der Waals surface area contributed by atoms with E-state index in [0.29, 0.717) is 5.33 Å². The third-order valence-corrected chi connectivity index (χ3v) is 3.65. The lowest BCUT2D eigenvalue weighted by molar-refractivity contribution is 0.0918. The highest BCUT2D eigenvalue weighted by Gasteiger charge is 2.22. The number of carbonyl (C=O) groups is 1. The summed E-state index contributed by atoms with van der Waals surface area (Å²) in [5.41, 5.74) is -0.176. The third-order valence-electron chi connectivity index (χ3n) is 2.25. The van der Waals surface area contributed by atoms with Crippen LogP contribution in [-0.2, 0) is 0 Å². The van der Waals surface area contributed by atoms with Gasteiger partial charge in [-0.1, -0.05) is 22.0 Å². The molecule has 0 spiro atoms. The normalized spacial score (nSPS) is 11.1. The van der Waals surface area contributed by atoms with Crippen molar-refractivity contribution in [1.82, 2.24) is 5.32 Å². The predicted octanol–water partition coefficient (Wildman–Crippen LogP) is 2.30. The molecular formula is C12H16BrNO3. The molecule has 0 fully saturated rings. The van der Waals surface area contributed by atoms with E-state index in [4.69, 9.17) is 4.74 Å². The molecule has 0 aliphatic heterocycles. The molecule has 17 heavy (non-hydrogen) atoms. The van der Waals surface area contributed by atoms with Crippen LogP contribution in [0.5, 0.6) is 11.5 Å². The first-order chi connectivity index (χ1) is 7.91. The minimum Gasteiger partial charge on any atom is -0.504 e. The summed E-state index contributed by atoms with van der Waals surface area (Å²) in [6.45, 7) is 3.77. The highest BCUT2D eigenvalue weighted by Crippen LogP contribution is 2.29. The fraction of sp³-hybridized carbons (Fsp3) is 0.417. The SMILES string of the molecule is COc1cccc(C(=O)NC(C)(C)CBr)c1O. The monoisotopic (exact) mass is 301 g/mol. The summed E-state index contributed by atoms with van der Waals surface area (Å²) in [4.78, 5) is 12.0. The van der Waals surface area contributed by atoms with Crippen molar-refractivity contribution in [1.29, 1.82) is 0 Å². The van der Waals surface area contributed by atoms with Crippen LogP contribution in [0.2, 0.25) is 0 Å². The standard InChI is InChI=1S/C12H16BrNO3/c1-12(2,7-13)14-11(16)8-5-4-6-9(17-3)10(8)15/h4-6,15H,7H2,1-3H3,(H,14,16). The Morgan fingerprint density at radius 3 is 2.71 bits per heavy atom. The molecule has 0 aromatic heterocycles. The lowest BCUT2D eigenvalue weighted by atomic mass is 10.1. The maximum absolute atomic E-state index is 12.0. The Labute approximate surface area is 109 Å². The second kappa shape index (κ2) is 5.40. The van der Waals surface area contributed by atoms with E-state index in [-0.39, 0.29) is 28.5 Å². The summed E-state index contributed by atoms with van der Waals surface area (Å²) >= 11 is 3.32. The molecule has 2 N–H and O–H groups in total. The van der Waals surface area contributed by atoms with Gasteiger partial charge in [-0.05, 0) is 26.0 Å². The number of hydrogen-bond donors (Lipinski definition) is 2. The van der Waals surface area contributed by atoms with Crippen LogP contribution in [0.15, 0.2) is 18.2 Å². The van der Waals surface area contributed by atoms with Gasteiger partial charge in [0.05, 0.1) is 12.7 Å². The van der Waals surface area contributed by atoms with E-state index in [0.717, 1.165) is 0 Å². The number of halogens is 1. The lowest BCUT2D eigenvalue weighted by Crippen LogP contribution is -2.44. The third kappa shape index (κ3) is 3.36. The van der Waals surface area contributed by atoms with Crippen LogP contribution in [0.25, 0.3) is 0 Å². The van der Waals surface area contributed by atoms with Gasteiger partial charge in [-0.3, -0.25) is 4.79 Å². The van der Waals surface area contributed by atoms with Gasteiger partial charge in [-0.15, -0.1) is 0 Å². The minimum atomic E-state index is -0.382. The number of hydrogen-bond acceptors (Lipinski definition) is 3. The van der Waals surface area contributed by atoms with Gasteiger partial charge >= 0.3 is 0 Å². The van der Waals surface area contributed by atoms with Crippen LogP contribution in [0.1, 0.15) is 24.2 Å². The van der Waals surface area contributed by atoms with E-state index >= 15 is 0 Å². The number of phenols is 1. The Balaban J connectivity index is 2.97. The van der Waals surface area contributed by atoms with Crippen molar-refractivity contribution in [2.75, 3.05) is 12.4 Å². The predicted molar refractivity (Wildman–Crippen MR) is 70.0 cm³/mol. The first-order valence-electron chi connectivity index (χ1n) is 5.15. The van der Waals surface area contributed by atoms with E-state index < -0.39 is 0 Å². The van der Waals surface area contributed by atoms with E-state index in [1.807, 2.05) is 13.8 Å². The van der Waals surface area contributed by atoms with Gasteiger partial charge in [0.2, 0.25) is 0 Å². The molecule has 0 aliphatic rings. The second-order valence-electron chi connectivity index (χ2n) is 4.33. The molecule has 5 heteroatoms. The molecule has 0 aliphatic carbocycles. The Kier molecular flexibility index (Phi) is 4.40. The molecule has 1 aromatic rings. The van der Waals surface area contributed by atoms with Gasteiger partial charge < -0.3 is 15.2 Å². The van der Waals surface area contributed by atoms with E-state index in [9.17, 15) is 9.90 Å². The van der Waals surface area contributed by atoms with Crippen LogP contribution in [0, 0.1) is 0 Å². The summed E-state index contributed by atoms with van der Waals surface area (Å²) in [6.07, 6.45) is 0. The maximum Gasteiger partial charge on any atom is 0.255 e. The number of alkyl halides is 1. The molecule has 1 amide bonds. The van der Waals surface area contributed by atoms with Crippen molar-refractivity contribution >= 4 is 21.8 Å². The van der Waals surface area contributed by atoms with Gasteiger partial charge in [0.1, 0.15) is 0 Å². The van der Waals surface area contributed by atoms with Gasteiger partial charge in [-0.2, -0.15) is 0 Å². The Hall–Kier alpha value is -1.23. The zero-order valence-corrected chi connectivity index (χ0v) is 11.7. The first-order valence-corrected chi connectivity index (χ1v) is 6.28. The molecule has 1 rings (SSSR count). The highest BCUT2D eigenvalue weighted by molar-refractivity contribution is 9.09. The van der Waals surface area contributed by atoms with Crippen molar-refractivity contribution in [3.8, 4) is 11.5 Å². The van der Waals surface area contributed by atoms with E-state index in [2.05, 4.69) is 21.2 Å². The van der Waals surface area contributed by atoms with Crippen molar-refractivity contribution in [2.24, 2.45) is 0 Å². The lowest BCUT2D eigenvalue weighted by Gasteiger charge is -2.23. The van der Waals surface area contributed by atoms with Gasteiger partial charge in [0, 0.05) is 10.9 Å². The number of nitrogens with one attached hydrogen (secondary N) is 1. The molecule has 4 nitrogen and oxygen atoms in total. The molecule has 0 saturated heterocycles. The molecule has 94 valence electrons. The number of aromatic hydroxyl groups is 1. The Morgan fingerprint density at radius 2 is 2.18 bits per heavy atom. The molecule has 0 saturated carbocycles. The number of benzene rings is 1. The first kappa shape index (κ1) is 13.8. The van der Waals surface area contributed by atoms with Crippen molar-refractivity contribution in [3.05, 3.63) is 23.8 Å². The molecule has 0 heterocycles. The zero-order chi connectivity index (χ0) is 13.1. The summed E-state index contributed by atoms with van der Waals surface area (Å²) < 4.78 is 4.95. The molecular weight excluding hydrogens is 286 g/mol. The maximum atomic E-state index is 12.0. The van der Waals surface area contributed by atoms with E-state index in [1.165, 1.54) is 7.11 Å². The number of carbonyl (C=O) groups excluding carboxylic acids is 1. The molecule has 0 unspecified atom stereocenters. The van der Waals surface area contributed by atoms with Crippen LogP contribution >= 0.6 is 15.9 Å². The number of rotatable bonds is 4. The summed E-state index contributed by atoms with van der Waals surface area (Å²) in [5, 5.41) is 13.3. The second-order valence-corrected chi connectivity index (χ2v) is 4.89. The number of methoxy groups -OCH3 is 1. The number of phenolic OH excluding ortho intramolecular Hbond substituents is 1. The van der Waals surface area contributed by atoms with Crippen LogP contribution in [-0.4, -0.2) is 29.0 Å². The molecule has 0 bridgehead atoms. The van der Waals surface area contributed by atoms with Crippen LogP contribution in [0.4, 0.5) is 0 Å². The fourth-order valence-electron chi connectivity index (χ4n) is 1.28. The number of para-hydroxylation sites is 1. The van der Waals surface area contributed by atoms with E-state index in [1.54, 1.807) is 18.2 Å². The van der Waals surface area contributed by atoms with Crippen LogP contribution < -0.4 is 10.1 Å². The van der Waals surface area contributed by atoms with Gasteiger partial charge in [0.25, 0.3) is 5.91 Å².